The van der Waals surface area contributed by atoms with Gasteiger partial charge in [-0.15, -0.1) is 0 Å². The van der Waals surface area contributed by atoms with Crippen LogP contribution in [-0.4, -0.2) is 41.1 Å². The largest absolute Gasteiger partial charge is 0.294 e. The van der Waals surface area contributed by atoms with Crippen LogP contribution in [0.3, 0.4) is 0 Å². The number of nitrogens with zero attached hydrogens (tertiary/aromatic N) is 6. The fourth-order valence-electron chi connectivity index (χ4n) is 3.04. The quantitative estimate of drug-likeness (QED) is 0.341. The molecule has 0 fully saturated rings. The molecule has 144 valence electrons. The molecule has 3 aromatic heterocycles. The zero-order valence-electron chi connectivity index (χ0n) is 15.5. The van der Waals surface area contributed by atoms with E-state index < -0.39 is 5.78 Å². The van der Waals surface area contributed by atoms with Gasteiger partial charge in [0, 0.05) is 42.7 Å². The minimum absolute atomic E-state index is 0.0466. The first-order chi connectivity index (χ1) is 14.2. The van der Waals surface area contributed by atoms with Gasteiger partial charge >= 0.3 is 0 Å². The second kappa shape index (κ2) is 8.39. The Balaban J connectivity index is 1.60. The normalized spacial score (nSPS) is 10.8. The van der Waals surface area contributed by atoms with Crippen LogP contribution in [0.2, 0.25) is 0 Å². The van der Waals surface area contributed by atoms with Gasteiger partial charge in [0.1, 0.15) is 0 Å². The van der Waals surface area contributed by atoms with Crippen LogP contribution in [0.25, 0.3) is 0 Å². The van der Waals surface area contributed by atoms with Crippen molar-refractivity contribution in [1.82, 2.24) is 29.5 Å². The summed E-state index contributed by atoms with van der Waals surface area (Å²) in [6.07, 6.45) is 9.82. The highest BCUT2D eigenvalue weighted by atomic mass is 16.1. The van der Waals surface area contributed by atoms with Crippen LogP contribution in [-0.2, 0) is 13.1 Å². The van der Waals surface area contributed by atoms with E-state index in [4.69, 9.17) is 0 Å². The van der Waals surface area contributed by atoms with E-state index in [-0.39, 0.29) is 18.0 Å². The monoisotopic (exact) mass is 386 g/mol. The average molecular weight is 386 g/mol. The van der Waals surface area contributed by atoms with Gasteiger partial charge in [-0.1, -0.05) is 6.07 Å². The van der Waals surface area contributed by atoms with Crippen molar-refractivity contribution >= 4 is 11.6 Å². The number of ketones is 2. The molecule has 8 heteroatoms. The Kier molecular flexibility index (Phi) is 5.33. The molecule has 0 bridgehead atoms. The van der Waals surface area contributed by atoms with E-state index in [0.717, 1.165) is 11.1 Å². The molecule has 3 heterocycles. The third-order valence-electron chi connectivity index (χ3n) is 4.32. The summed E-state index contributed by atoms with van der Waals surface area (Å²) in [5.74, 6) is -0.626. The molecule has 4 aromatic rings. The maximum absolute atomic E-state index is 12.8. The third-order valence-corrected chi connectivity index (χ3v) is 4.32. The molecular formula is C21H18N6O2. The molecule has 0 saturated heterocycles. The van der Waals surface area contributed by atoms with E-state index in [9.17, 15) is 9.59 Å². The number of carbonyl (C=O) groups is 2. The van der Waals surface area contributed by atoms with Crippen LogP contribution in [0, 0.1) is 0 Å². The second-order valence-corrected chi connectivity index (χ2v) is 6.54. The van der Waals surface area contributed by atoms with Crippen LogP contribution in [0.1, 0.15) is 38.5 Å². The lowest BCUT2D eigenvalue weighted by atomic mass is 9.99. The SMILES string of the molecule is O=C(CC(=O)c1ncccn1)c1cc(Cn2cccn2)cc(Cn2cccn2)c1. The van der Waals surface area contributed by atoms with Crippen molar-refractivity contribution in [2.45, 2.75) is 19.5 Å². The average Bonchev–Trinajstić information content (AvgIpc) is 3.43. The topological polar surface area (TPSA) is 95.6 Å². The summed E-state index contributed by atoms with van der Waals surface area (Å²) in [4.78, 5) is 33.0. The lowest BCUT2D eigenvalue weighted by Crippen LogP contribution is -2.13. The van der Waals surface area contributed by atoms with Crippen molar-refractivity contribution in [2.24, 2.45) is 0 Å². The summed E-state index contributed by atoms with van der Waals surface area (Å²) in [6, 6.07) is 10.9. The number of hydrogen-bond donors (Lipinski definition) is 0. The van der Waals surface area contributed by atoms with E-state index >= 15 is 0 Å². The Hall–Kier alpha value is -3.94. The Bertz CT molecular complexity index is 1050. The van der Waals surface area contributed by atoms with Crippen molar-refractivity contribution in [3.63, 3.8) is 0 Å². The van der Waals surface area contributed by atoms with Crippen LogP contribution >= 0.6 is 0 Å². The molecule has 0 N–H and O–H groups in total. The van der Waals surface area contributed by atoms with Crippen LogP contribution in [0.15, 0.2) is 73.6 Å². The Labute approximate surface area is 166 Å². The van der Waals surface area contributed by atoms with Gasteiger partial charge in [0.05, 0.1) is 19.5 Å². The molecule has 29 heavy (non-hydrogen) atoms. The van der Waals surface area contributed by atoms with Crippen LogP contribution in [0.5, 0.6) is 0 Å². The second-order valence-electron chi connectivity index (χ2n) is 6.54. The Morgan fingerprint density at radius 1 is 0.724 bits per heavy atom. The van der Waals surface area contributed by atoms with Gasteiger partial charge in [-0.3, -0.25) is 19.0 Å². The summed E-state index contributed by atoms with van der Waals surface area (Å²) >= 11 is 0. The fourth-order valence-corrected chi connectivity index (χ4v) is 3.04. The molecule has 0 aliphatic heterocycles. The Morgan fingerprint density at radius 2 is 1.31 bits per heavy atom. The van der Waals surface area contributed by atoms with Gasteiger partial charge in [-0.05, 0) is 41.5 Å². The minimum atomic E-state index is -0.401. The highest BCUT2D eigenvalue weighted by Crippen LogP contribution is 2.16. The highest BCUT2D eigenvalue weighted by Gasteiger charge is 2.17. The van der Waals surface area contributed by atoms with Crippen molar-refractivity contribution in [3.8, 4) is 0 Å². The number of hydrogen-bond acceptors (Lipinski definition) is 6. The van der Waals surface area contributed by atoms with Gasteiger partial charge in [0.15, 0.2) is 11.6 Å². The van der Waals surface area contributed by atoms with Gasteiger partial charge in [-0.25, -0.2) is 9.97 Å². The number of aromatic nitrogens is 6. The summed E-state index contributed by atoms with van der Waals surface area (Å²) in [6.45, 7) is 1.05. The molecule has 0 spiro atoms. The fraction of sp³-hybridized carbons (Fsp3) is 0.143. The molecule has 0 saturated carbocycles. The van der Waals surface area contributed by atoms with Gasteiger partial charge in [0.25, 0.3) is 0 Å². The predicted molar refractivity (Wildman–Crippen MR) is 104 cm³/mol. The minimum Gasteiger partial charge on any atom is -0.294 e. The third kappa shape index (κ3) is 4.67. The first kappa shape index (κ1) is 18.4. The highest BCUT2D eigenvalue weighted by molar-refractivity contribution is 6.12. The van der Waals surface area contributed by atoms with Gasteiger partial charge in [0.2, 0.25) is 5.78 Å². The lowest BCUT2D eigenvalue weighted by Gasteiger charge is -2.10. The maximum Gasteiger partial charge on any atom is 0.207 e. The van der Waals surface area contributed by atoms with Gasteiger partial charge in [-0.2, -0.15) is 10.2 Å². The molecule has 0 aliphatic carbocycles. The molecule has 1 aromatic carbocycles. The summed E-state index contributed by atoms with van der Waals surface area (Å²) < 4.78 is 3.56. The first-order valence-electron chi connectivity index (χ1n) is 9.08. The zero-order chi connectivity index (χ0) is 20.1. The standard InChI is InChI=1S/C21H18N6O2/c28-19(13-20(29)21-22-4-1-5-23-21)18-11-16(14-26-8-2-6-24-26)10-17(12-18)15-27-9-3-7-25-27/h1-12H,13-15H2. The van der Waals surface area contributed by atoms with E-state index in [1.165, 1.54) is 12.4 Å². The summed E-state index contributed by atoms with van der Waals surface area (Å²) in [5.41, 5.74) is 2.32. The molecule has 8 nitrogen and oxygen atoms in total. The number of benzene rings is 1. The predicted octanol–water partition coefficient (Wildman–Crippen LogP) is 2.42. The van der Waals surface area contributed by atoms with Crippen molar-refractivity contribution < 1.29 is 9.59 Å². The maximum atomic E-state index is 12.8. The van der Waals surface area contributed by atoms with E-state index in [2.05, 4.69) is 20.2 Å². The van der Waals surface area contributed by atoms with Crippen LogP contribution in [0.4, 0.5) is 0 Å². The summed E-state index contributed by atoms with van der Waals surface area (Å²) in [5, 5.41) is 8.45. The van der Waals surface area contributed by atoms with Crippen LogP contribution < -0.4 is 0 Å². The van der Waals surface area contributed by atoms with E-state index in [1.807, 2.05) is 30.6 Å². The smallest absolute Gasteiger partial charge is 0.207 e. The molecule has 0 radical (unpaired) electrons. The van der Waals surface area contributed by atoms with E-state index in [1.54, 1.807) is 40.0 Å². The first-order valence-corrected chi connectivity index (χ1v) is 9.08. The molecule has 0 aliphatic rings. The number of carbonyl (C=O) groups excluding carboxylic acids is 2. The molecule has 0 amide bonds. The van der Waals surface area contributed by atoms with Crippen molar-refractivity contribution in [3.05, 3.63) is 96.1 Å². The van der Waals surface area contributed by atoms with Crippen molar-refractivity contribution in [1.29, 1.82) is 0 Å². The number of Topliss-reactive ketones (excluding diaryl/α,β-unsaturated/α-hetero) is 2. The molecule has 0 unspecified atom stereocenters. The number of rotatable bonds is 8. The summed E-state index contributed by atoms with van der Waals surface area (Å²) in [7, 11) is 0. The van der Waals surface area contributed by atoms with Crippen molar-refractivity contribution in [2.75, 3.05) is 0 Å². The molecule has 0 atom stereocenters. The zero-order valence-corrected chi connectivity index (χ0v) is 15.5. The Morgan fingerprint density at radius 3 is 1.83 bits per heavy atom. The molecule has 4 rings (SSSR count). The van der Waals surface area contributed by atoms with Gasteiger partial charge < -0.3 is 0 Å². The molecular weight excluding hydrogens is 368 g/mol. The van der Waals surface area contributed by atoms with E-state index in [0.29, 0.717) is 18.7 Å². The lowest BCUT2D eigenvalue weighted by molar-refractivity contribution is 0.0888.